The second kappa shape index (κ2) is 4.53. The van der Waals surface area contributed by atoms with Gasteiger partial charge in [0, 0.05) is 24.8 Å². The van der Waals surface area contributed by atoms with E-state index in [1.165, 1.54) is 5.69 Å². The van der Waals surface area contributed by atoms with Crippen LogP contribution in [0.5, 0.6) is 5.75 Å². The molecule has 1 aromatic rings. The molecule has 1 fully saturated rings. The van der Waals surface area contributed by atoms with E-state index in [4.69, 9.17) is 5.73 Å². The highest BCUT2D eigenvalue weighted by Crippen LogP contribution is 2.21. The lowest BCUT2D eigenvalue weighted by atomic mass is 10.1. The van der Waals surface area contributed by atoms with Gasteiger partial charge in [0.15, 0.2) is 0 Å². The number of phenolic OH excluding ortho intramolecular Hbond substituents is 1. The maximum absolute atomic E-state index is 9.21. The number of nitrogens with zero attached hydrogens (tertiary/aromatic N) is 1. The number of hydrogen-bond donors (Lipinski definition) is 2. The molecule has 0 radical (unpaired) electrons. The molecular weight excluding hydrogens is 188 g/mol. The van der Waals surface area contributed by atoms with E-state index in [0.29, 0.717) is 11.8 Å². The highest BCUT2D eigenvalue weighted by Gasteiger charge is 2.13. The smallest absolute Gasteiger partial charge is 0.115 e. The summed E-state index contributed by atoms with van der Waals surface area (Å²) < 4.78 is 0. The van der Waals surface area contributed by atoms with Crippen molar-refractivity contribution in [3.05, 3.63) is 24.3 Å². The van der Waals surface area contributed by atoms with Gasteiger partial charge in [-0.15, -0.1) is 0 Å². The molecule has 3 nitrogen and oxygen atoms in total. The molecule has 0 aliphatic carbocycles. The summed E-state index contributed by atoms with van der Waals surface area (Å²) in [5.74, 6) is 0.324. The molecule has 1 heterocycles. The zero-order chi connectivity index (χ0) is 10.7. The molecule has 2 rings (SSSR count). The number of anilines is 1. The second-order valence-corrected chi connectivity index (χ2v) is 4.19. The average Bonchev–Trinajstić information content (AvgIpc) is 2.44. The van der Waals surface area contributed by atoms with Gasteiger partial charge in [-0.3, -0.25) is 0 Å². The third kappa shape index (κ3) is 2.63. The first kappa shape index (κ1) is 10.3. The molecule has 0 spiro atoms. The maximum Gasteiger partial charge on any atom is 0.115 e. The van der Waals surface area contributed by atoms with E-state index >= 15 is 0 Å². The van der Waals surface area contributed by atoms with Crippen molar-refractivity contribution in [2.24, 2.45) is 5.73 Å². The van der Waals surface area contributed by atoms with E-state index in [1.54, 1.807) is 12.1 Å². The normalized spacial score (nSPS) is 22.5. The molecule has 0 bridgehead atoms. The van der Waals surface area contributed by atoms with Crippen LogP contribution in [0.2, 0.25) is 0 Å². The first-order chi connectivity index (χ1) is 7.25. The third-order valence-electron chi connectivity index (χ3n) is 2.99. The number of benzene rings is 1. The van der Waals surface area contributed by atoms with Gasteiger partial charge in [0.1, 0.15) is 5.75 Å². The number of aromatic hydroxyl groups is 1. The molecule has 1 saturated heterocycles. The van der Waals surface area contributed by atoms with Gasteiger partial charge in [0.2, 0.25) is 0 Å². The summed E-state index contributed by atoms with van der Waals surface area (Å²) in [4.78, 5) is 2.34. The van der Waals surface area contributed by atoms with Crippen molar-refractivity contribution in [2.75, 3.05) is 18.0 Å². The van der Waals surface area contributed by atoms with Gasteiger partial charge in [0.25, 0.3) is 0 Å². The van der Waals surface area contributed by atoms with Crippen LogP contribution in [0.1, 0.15) is 19.3 Å². The molecule has 1 aliphatic rings. The van der Waals surface area contributed by atoms with Gasteiger partial charge >= 0.3 is 0 Å². The Morgan fingerprint density at radius 1 is 1.13 bits per heavy atom. The molecule has 82 valence electrons. The number of hydrogen-bond acceptors (Lipinski definition) is 3. The largest absolute Gasteiger partial charge is 0.508 e. The van der Waals surface area contributed by atoms with Crippen LogP contribution < -0.4 is 10.6 Å². The number of nitrogens with two attached hydrogens (primary N) is 1. The molecule has 1 unspecified atom stereocenters. The van der Waals surface area contributed by atoms with E-state index in [0.717, 1.165) is 32.4 Å². The topological polar surface area (TPSA) is 49.5 Å². The van der Waals surface area contributed by atoms with Crippen molar-refractivity contribution in [2.45, 2.75) is 25.3 Å². The highest BCUT2D eigenvalue weighted by molar-refractivity contribution is 5.48. The minimum absolute atomic E-state index is 0.324. The van der Waals surface area contributed by atoms with Crippen LogP contribution in [0.15, 0.2) is 24.3 Å². The summed E-state index contributed by atoms with van der Waals surface area (Å²) in [7, 11) is 0. The van der Waals surface area contributed by atoms with Gasteiger partial charge in [0.05, 0.1) is 0 Å². The Morgan fingerprint density at radius 2 is 1.87 bits per heavy atom. The Bertz CT molecular complexity index is 310. The van der Waals surface area contributed by atoms with Gasteiger partial charge in [-0.1, -0.05) is 0 Å². The fourth-order valence-corrected chi connectivity index (χ4v) is 2.04. The van der Waals surface area contributed by atoms with Crippen LogP contribution in [-0.4, -0.2) is 24.2 Å². The van der Waals surface area contributed by atoms with Gasteiger partial charge in [-0.2, -0.15) is 0 Å². The molecule has 1 aliphatic heterocycles. The van der Waals surface area contributed by atoms with Crippen LogP contribution in [0.3, 0.4) is 0 Å². The Hall–Kier alpha value is -1.22. The average molecular weight is 206 g/mol. The number of rotatable bonds is 1. The summed E-state index contributed by atoms with van der Waals surface area (Å²) in [5, 5.41) is 9.21. The van der Waals surface area contributed by atoms with Gasteiger partial charge < -0.3 is 15.7 Å². The van der Waals surface area contributed by atoms with Gasteiger partial charge in [-0.25, -0.2) is 0 Å². The fourth-order valence-electron chi connectivity index (χ4n) is 2.04. The van der Waals surface area contributed by atoms with E-state index < -0.39 is 0 Å². The highest BCUT2D eigenvalue weighted by atomic mass is 16.3. The molecule has 3 heteroatoms. The molecular formula is C12H18N2O. The van der Waals surface area contributed by atoms with E-state index in [2.05, 4.69) is 4.90 Å². The lowest BCUT2D eigenvalue weighted by Crippen LogP contribution is -2.26. The van der Waals surface area contributed by atoms with Crippen LogP contribution in [0.25, 0.3) is 0 Å². The second-order valence-electron chi connectivity index (χ2n) is 4.19. The minimum atomic E-state index is 0.324. The first-order valence-corrected chi connectivity index (χ1v) is 5.55. The number of phenols is 1. The monoisotopic (exact) mass is 206 g/mol. The summed E-state index contributed by atoms with van der Waals surface area (Å²) in [6, 6.07) is 7.76. The van der Waals surface area contributed by atoms with Crippen molar-refractivity contribution in [3.63, 3.8) is 0 Å². The predicted octanol–water partition coefficient (Wildman–Crippen LogP) is 1.71. The molecule has 1 aromatic carbocycles. The Labute approximate surface area is 90.5 Å². The third-order valence-corrected chi connectivity index (χ3v) is 2.99. The minimum Gasteiger partial charge on any atom is -0.508 e. The van der Waals surface area contributed by atoms with Crippen LogP contribution in [-0.2, 0) is 0 Å². The molecule has 0 amide bonds. The summed E-state index contributed by atoms with van der Waals surface area (Å²) >= 11 is 0. The van der Waals surface area contributed by atoms with Crippen LogP contribution in [0.4, 0.5) is 5.69 Å². The summed E-state index contributed by atoms with van der Waals surface area (Å²) in [5.41, 5.74) is 7.11. The SMILES string of the molecule is NC1CCCN(c2ccc(O)cc2)CC1. The van der Waals surface area contributed by atoms with Crippen LogP contribution >= 0.6 is 0 Å². The van der Waals surface area contributed by atoms with Crippen molar-refractivity contribution in [3.8, 4) is 5.75 Å². The summed E-state index contributed by atoms with van der Waals surface area (Å²) in [6.45, 7) is 2.09. The van der Waals surface area contributed by atoms with E-state index in [9.17, 15) is 5.11 Å². The first-order valence-electron chi connectivity index (χ1n) is 5.55. The Kier molecular flexibility index (Phi) is 3.11. The van der Waals surface area contributed by atoms with Crippen molar-refractivity contribution >= 4 is 5.69 Å². The summed E-state index contributed by atoms with van der Waals surface area (Å²) in [6.07, 6.45) is 3.33. The fraction of sp³-hybridized carbons (Fsp3) is 0.500. The molecule has 1 atom stereocenters. The maximum atomic E-state index is 9.21. The Balaban J connectivity index is 2.06. The molecule has 0 aromatic heterocycles. The van der Waals surface area contributed by atoms with Crippen molar-refractivity contribution in [1.29, 1.82) is 0 Å². The van der Waals surface area contributed by atoms with Crippen molar-refractivity contribution < 1.29 is 5.11 Å². The molecule has 15 heavy (non-hydrogen) atoms. The molecule has 0 saturated carbocycles. The lowest BCUT2D eigenvalue weighted by molar-refractivity contribution is 0.475. The van der Waals surface area contributed by atoms with E-state index in [-0.39, 0.29) is 0 Å². The lowest BCUT2D eigenvalue weighted by Gasteiger charge is -2.22. The van der Waals surface area contributed by atoms with Crippen LogP contribution in [0, 0.1) is 0 Å². The standard InChI is InChI=1S/C12H18N2O/c13-10-2-1-8-14(9-7-10)11-3-5-12(15)6-4-11/h3-6,10,15H,1-2,7-9,13H2. The zero-order valence-corrected chi connectivity index (χ0v) is 8.89. The van der Waals surface area contributed by atoms with Gasteiger partial charge in [-0.05, 0) is 43.5 Å². The zero-order valence-electron chi connectivity index (χ0n) is 8.89. The van der Waals surface area contributed by atoms with Crippen molar-refractivity contribution in [1.82, 2.24) is 0 Å². The predicted molar refractivity (Wildman–Crippen MR) is 62.1 cm³/mol. The molecule has 3 N–H and O–H groups in total. The Morgan fingerprint density at radius 3 is 2.60 bits per heavy atom. The van der Waals surface area contributed by atoms with E-state index in [1.807, 2.05) is 12.1 Å². The quantitative estimate of drug-likeness (QED) is 0.735.